The minimum absolute atomic E-state index is 0.281. The Morgan fingerprint density at radius 1 is 1.03 bits per heavy atom. The van der Waals surface area contributed by atoms with Gasteiger partial charge in [-0.1, -0.05) is 58.4 Å². The second kappa shape index (κ2) is 8.00. The second-order valence-corrected chi connectivity index (χ2v) is 8.37. The maximum atomic E-state index is 4.90. The van der Waals surface area contributed by atoms with E-state index in [1.807, 2.05) is 0 Å². The van der Waals surface area contributed by atoms with E-state index >= 15 is 0 Å². The van der Waals surface area contributed by atoms with Crippen LogP contribution < -0.4 is 21.1 Å². The van der Waals surface area contributed by atoms with E-state index in [-0.39, 0.29) is 6.04 Å². The molecule has 0 fully saturated rings. The molecular weight excluding hydrogens is 428 g/mol. The summed E-state index contributed by atoms with van der Waals surface area (Å²) in [7, 11) is 0. The largest absolute Gasteiger partial charge is 0.354 e. The van der Waals surface area contributed by atoms with Gasteiger partial charge in [0.05, 0.1) is 11.6 Å². The zero-order valence-electron chi connectivity index (χ0n) is 16.0. The predicted molar refractivity (Wildman–Crippen MR) is 120 cm³/mol. The van der Waals surface area contributed by atoms with Gasteiger partial charge in [0, 0.05) is 24.1 Å². The highest BCUT2D eigenvalue weighted by Crippen LogP contribution is 2.41. The van der Waals surface area contributed by atoms with Gasteiger partial charge in [0.2, 0.25) is 5.95 Å². The van der Waals surface area contributed by atoms with Crippen molar-refractivity contribution in [1.29, 1.82) is 0 Å². The molecule has 0 radical (unpaired) electrons. The van der Waals surface area contributed by atoms with E-state index in [0.29, 0.717) is 5.95 Å². The molecule has 0 amide bonds. The van der Waals surface area contributed by atoms with Crippen LogP contribution in [0.5, 0.6) is 0 Å². The molecule has 0 saturated heterocycles. The van der Waals surface area contributed by atoms with Gasteiger partial charge in [-0.25, -0.2) is 5.43 Å². The molecule has 2 aromatic carbocycles. The summed E-state index contributed by atoms with van der Waals surface area (Å²) in [5.74, 6) is 2.59. The van der Waals surface area contributed by atoms with Gasteiger partial charge in [-0.15, -0.1) is 0 Å². The topological polar surface area (TPSA) is 65.1 Å². The fourth-order valence-electron chi connectivity index (χ4n) is 3.96. The number of aromatic nitrogens is 2. The summed E-state index contributed by atoms with van der Waals surface area (Å²) in [4.78, 5) is 12.0. The van der Waals surface area contributed by atoms with Crippen LogP contribution in [0.1, 0.15) is 29.2 Å². The van der Waals surface area contributed by atoms with Crippen LogP contribution in [0.2, 0.25) is 0 Å². The summed E-state index contributed by atoms with van der Waals surface area (Å²) < 4.78 is 1.10. The molecule has 3 heterocycles. The first kappa shape index (κ1) is 18.4. The van der Waals surface area contributed by atoms with Gasteiger partial charge in [-0.2, -0.15) is 9.97 Å². The Bertz CT molecular complexity index is 992. The molecule has 0 bridgehead atoms. The van der Waals surface area contributed by atoms with Gasteiger partial charge in [-0.3, -0.25) is 0 Å². The quantitative estimate of drug-likeness (QED) is 0.520. The van der Waals surface area contributed by atoms with Gasteiger partial charge < -0.3 is 15.6 Å². The van der Waals surface area contributed by atoms with Gasteiger partial charge in [-0.05, 0) is 36.1 Å². The van der Waals surface area contributed by atoms with Crippen LogP contribution in [0.25, 0.3) is 0 Å². The summed E-state index contributed by atoms with van der Waals surface area (Å²) in [6.07, 6.45) is 1.96. The smallest absolute Gasteiger partial charge is 0.226 e. The fraction of sp³-hybridized carbons (Fsp3) is 0.273. The Kier molecular flexibility index (Phi) is 5.08. The number of benzene rings is 2. The average Bonchev–Trinajstić information content (AvgIpc) is 3.16. The van der Waals surface area contributed by atoms with Crippen molar-refractivity contribution in [3.8, 4) is 0 Å². The number of anilines is 3. The number of rotatable bonds is 6. The number of hydrazine groups is 1. The predicted octanol–water partition coefficient (Wildman–Crippen LogP) is 4.28. The lowest BCUT2D eigenvalue weighted by atomic mass is 10.0. The molecule has 0 aliphatic carbocycles. The molecule has 2 aliphatic rings. The molecule has 3 N–H and O–H groups in total. The average molecular weight is 451 g/mol. The van der Waals surface area contributed by atoms with Crippen LogP contribution in [0, 0.1) is 0 Å². The van der Waals surface area contributed by atoms with Crippen LogP contribution in [-0.4, -0.2) is 23.1 Å². The molecule has 0 saturated carbocycles. The van der Waals surface area contributed by atoms with Crippen molar-refractivity contribution in [2.75, 3.05) is 28.7 Å². The van der Waals surface area contributed by atoms with Crippen LogP contribution in [0.3, 0.4) is 0 Å². The van der Waals surface area contributed by atoms with Crippen molar-refractivity contribution in [3.63, 3.8) is 0 Å². The zero-order chi connectivity index (χ0) is 19.6. The molecule has 5 rings (SSSR count). The minimum Gasteiger partial charge on any atom is -0.354 e. The van der Waals surface area contributed by atoms with Crippen LogP contribution in [-0.2, 0) is 13.0 Å². The molecule has 1 aromatic heterocycles. The number of nitrogens with one attached hydrogen (secondary N) is 3. The number of hydrogen-bond acceptors (Lipinski definition) is 6. The van der Waals surface area contributed by atoms with Crippen LogP contribution >= 0.6 is 15.9 Å². The Morgan fingerprint density at radius 3 is 2.69 bits per heavy atom. The van der Waals surface area contributed by atoms with Crippen LogP contribution in [0.15, 0.2) is 59.1 Å². The molecule has 1 unspecified atom stereocenters. The lowest BCUT2D eigenvalue weighted by molar-refractivity contribution is 0.534. The SMILES string of the molecule is Brc1ccc(CCNc2nc3c4c(n2)N(Cc2ccccc2)CCC4NN3)cc1. The summed E-state index contributed by atoms with van der Waals surface area (Å²) in [5, 5.41) is 3.41. The lowest BCUT2D eigenvalue weighted by Gasteiger charge is -2.32. The third-order valence-electron chi connectivity index (χ3n) is 5.45. The summed E-state index contributed by atoms with van der Waals surface area (Å²) in [6, 6.07) is 19.3. The van der Waals surface area contributed by atoms with Gasteiger partial charge in [0.15, 0.2) is 5.82 Å². The molecule has 2 aliphatic heterocycles. The van der Waals surface area contributed by atoms with Gasteiger partial charge in [0.25, 0.3) is 0 Å². The standard InChI is InChI=1S/C22H23BrN6/c23-17-8-6-15(7-9-17)10-12-24-22-25-20-19-18(27-28-20)11-13-29(21(19)26-22)14-16-4-2-1-3-5-16/h1-9,18,27H,10-14H2,(H2,24,25,26,28). The molecule has 29 heavy (non-hydrogen) atoms. The Morgan fingerprint density at radius 2 is 1.86 bits per heavy atom. The second-order valence-electron chi connectivity index (χ2n) is 7.45. The molecule has 3 aromatic rings. The number of halogens is 1. The van der Waals surface area contributed by atoms with Crippen molar-refractivity contribution in [3.05, 3.63) is 75.8 Å². The van der Waals surface area contributed by atoms with Gasteiger partial charge >= 0.3 is 0 Å². The first-order valence-electron chi connectivity index (χ1n) is 9.97. The molecule has 7 heteroatoms. The summed E-state index contributed by atoms with van der Waals surface area (Å²) in [5.41, 5.74) is 10.4. The fourth-order valence-corrected chi connectivity index (χ4v) is 4.22. The highest BCUT2D eigenvalue weighted by molar-refractivity contribution is 9.10. The van der Waals surface area contributed by atoms with E-state index in [9.17, 15) is 0 Å². The highest BCUT2D eigenvalue weighted by atomic mass is 79.9. The molecule has 148 valence electrons. The van der Waals surface area contributed by atoms with Crippen molar-refractivity contribution in [2.24, 2.45) is 0 Å². The maximum absolute atomic E-state index is 4.90. The molecular formula is C22H23BrN6. The first-order chi connectivity index (χ1) is 14.3. The molecule has 6 nitrogen and oxygen atoms in total. The van der Waals surface area contributed by atoms with Crippen LogP contribution in [0.4, 0.5) is 17.6 Å². The van der Waals surface area contributed by atoms with E-state index in [2.05, 4.69) is 91.6 Å². The van der Waals surface area contributed by atoms with Gasteiger partial charge in [0.1, 0.15) is 5.82 Å². The highest BCUT2D eigenvalue weighted by Gasteiger charge is 2.34. The molecule has 0 spiro atoms. The van der Waals surface area contributed by atoms with E-state index in [0.717, 1.165) is 48.6 Å². The van der Waals surface area contributed by atoms with Crippen molar-refractivity contribution < 1.29 is 0 Å². The van der Waals surface area contributed by atoms with Crippen molar-refractivity contribution in [2.45, 2.75) is 25.4 Å². The van der Waals surface area contributed by atoms with E-state index in [1.165, 1.54) is 16.7 Å². The Hall–Kier alpha value is -2.64. The normalized spacial score (nSPS) is 17.0. The van der Waals surface area contributed by atoms with E-state index in [1.54, 1.807) is 0 Å². The van der Waals surface area contributed by atoms with Crippen molar-refractivity contribution >= 4 is 33.5 Å². The number of hydrogen-bond donors (Lipinski definition) is 3. The van der Waals surface area contributed by atoms with Crippen molar-refractivity contribution in [1.82, 2.24) is 15.4 Å². The zero-order valence-corrected chi connectivity index (χ0v) is 17.6. The Labute approximate surface area is 178 Å². The first-order valence-corrected chi connectivity index (χ1v) is 10.8. The minimum atomic E-state index is 0.281. The molecule has 1 atom stereocenters. The third-order valence-corrected chi connectivity index (χ3v) is 5.98. The Balaban J connectivity index is 1.35. The monoisotopic (exact) mass is 450 g/mol. The summed E-state index contributed by atoms with van der Waals surface area (Å²) in [6.45, 7) is 2.61. The van der Waals surface area contributed by atoms with E-state index < -0.39 is 0 Å². The van der Waals surface area contributed by atoms with E-state index in [4.69, 9.17) is 9.97 Å². The number of nitrogens with zero attached hydrogens (tertiary/aromatic N) is 3. The lowest BCUT2D eigenvalue weighted by Crippen LogP contribution is -2.34. The third kappa shape index (κ3) is 3.93. The maximum Gasteiger partial charge on any atom is 0.226 e. The summed E-state index contributed by atoms with van der Waals surface area (Å²) >= 11 is 3.48.